The number of ether oxygens (including phenoxy) is 1. The van der Waals surface area contributed by atoms with Gasteiger partial charge in [-0.3, -0.25) is 4.98 Å². The molecule has 33 heavy (non-hydrogen) atoms. The SMILES string of the molecule is Cc1ccc(-c2nc3c(c(SCc4ccccc4F)n2)Cc2c(CO)cnc(C)c2O3)cc1. The number of hydrogen-bond acceptors (Lipinski definition) is 6. The Kier molecular flexibility index (Phi) is 5.83. The number of aromatic nitrogens is 3. The Bertz CT molecular complexity index is 1340. The summed E-state index contributed by atoms with van der Waals surface area (Å²) in [7, 11) is 0. The van der Waals surface area contributed by atoms with Crippen LogP contribution in [-0.2, 0) is 18.8 Å². The van der Waals surface area contributed by atoms with E-state index in [-0.39, 0.29) is 12.4 Å². The van der Waals surface area contributed by atoms with E-state index in [1.807, 2.05) is 44.2 Å². The number of aliphatic hydroxyl groups excluding tert-OH is 1. The molecule has 2 aromatic carbocycles. The Balaban J connectivity index is 1.60. The third-order valence-corrected chi connectivity index (χ3v) is 6.76. The van der Waals surface area contributed by atoms with Gasteiger partial charge in [-0.15, -0.1) is 11.8 Å². The molecule has 0 saturated heterocycles. The maximum absolute atomic E-state index is 14.2. The third kappa shape index (κ3) is 4.21. The summed E-state index contributed by atoms with van der Waals surface area (Å²) >= 11 is 1.46. The summed E-state index contributed by atoms with van der Waals surface area (Å²) in [6.45, 7) is 3.77. The van der Waals surface area contributed by atoms with Gasteiger partial charge < -0.3 is 9.84 Å². The van der Waals surface area contributed by atoms with Gasteiger partial charge in [0, 0.05) is 35.1 Å². The highest BCUT2D eigenvalue weighted by Crippen LogP contribution is 2.43. The van der Waals surface area contributed by atoms with Crippen LogP contribution in [0.5, 0.6) is 11.6 Å². The molecular weight excluding hydrogens is 437 g/mol. The van der Waals surface area contributed by atoms with Gasteiger partial charge in [-0.1, -0.05) is 48.0 Å². The molecule has 7 heteroatoms. The molecule has 0 spiro atoms. The first-order valence-electron chi connectivity index (χ1n) is 10.6. The number of fused-ring (bicyclic) bond motifs is 2. The maximum atomic E-state index is 14.2. The first-order valence-corrected chi connectivity index (χ1v) is 11.6. The summed E-state index contributed by atoms with van der Waals surface area (Å²) in [6, 6.07) is 14.8. The van der Waals surface area contributed by atoms with Gasteiger partial charge in [0.25, 0.3) is 0 Å². The molecule has 4 aromatic rings. The minimum Gasteiger partial charge on any atom is -0.436 e. The van der Waals surface area contributed by atoms with Crippen LogP contribution in [0.2, 0.25) is 0 Å². The molecule has 2 aromatic heterocycles. The number of benzene rings is 2. The second-order valence-electron chi connectivity index (χ2n) is 8.00. The number of halogens is 1. The van der Waals surface area contributed by atoms with Crippen LogP contribution in [0.1, 0.15) is 33.5 Å². The second kappa shape index (κ2) is 8.92. The summed E-state index contributed by atoms with van der Waals surface area (Å²) < 4.78 is 20.5. The summed E-state index contributed by atoms with van der Waals surface area (Å²) in [6.07, 6.45) is 2.19. The highest BCUT2D eigenvalue weighted by Gasteiger charge is 2.27. The predicted molar refractivity (Wildman–Crippen MR) is 126 cm³/mol. The van der Waals surface area contributed by atoms with E-state index in [0.717, 1.165) is 33.0 Å². The molecule has 1 aliphatic heterocycles. The van der Waals surface area contributed by atoms with Gasteiger partial charge in [-0.05, 0) is 25.5 Å². The van der Waals surface area contributed by atoms with Gasteiger partial charge in [-0.25, -0.2) is 9.37 Å². The molecule has 0 radical (unpaired) electrons. The molecule has 1 aliphatic rings. The van der Waals surface area contributed by atoms with Crippen molar-refractivity contribution in [3.8, 4) is 23.0 Å². The Morgan fingerprint density at radius 3 is 2.55 bits per heavy atom. The van der Waals surface area contributed by atoms with E-state index in [2.05, 4.69) is 4.98 Å². The maximum Gasteiger partial charge on any atom is 0.227 e. The molecule has 3 heterocycles. The highest BCUT2D eigenvalue weighted by atomic mass is 32.2. The van der Waals surface area contributed by atoms with Crippen molar-refractivity contribution in [3.05, 3.63) is 94.1 Å². The lowest BCUT2D eigenvalue weighted by atomic mass is 9.99. The Hall–Kier alpha value is -3.29. The number of hydrogen-bond donors (Lipinski definition) is 1. The Morgan fingerprint density at radius 2 is 1.79 bits per heavy atom. The van der Waals surface area contributed by atoms with Crippen molar-refractivity contribution < 1.29 is 14.2 Å². The molecule has 1 N–H and O–H groups in total. The molecule has 0 aliphatic carbocycles. The zero-order valence-electron chi connectivity index (χ0n) is 18.3. The molecule has 5 nitrogen and oxygen atoms in total. The number of rotatable bonds is 5. The van der Waals surface area contributed by atoms with Crippen LogP contribution in [-0.4, -0.2) is 20.1 Å². The van der Waals surface area contributed by atoms with Crippen molar-refractivity contribution >= 4 is 11.8 Å². The Labute approximate surface area is 195 Å². The normalized spacial score (nSPS) is 12.1. The number of aryl methyl sites for hydroxylation is 2. The van der Waals surface area contributed by atoms with Crippen LogP contribution in [0.25, 0.3) is 11.4 Å². The van der Waals surface area contributed by atoms with E-state index < -0.39 is 0 Å². The predicted octanol–water partition coefficient (Wildman–Crippen LogP) is 5.78. The summed E-state index contributed by atoms with van der Waals surface area (Å²) in [5.74, 6) is 1.85. The second-order valence-corrected chi connectivity index (χ2v) is 8.96. The fourth-order valence-corrected chi connectivity index (χ4v) is 4.82. The van der Waals surface area contributed by atoms with Crippen molar-refractivity contribution in [1.29, 1.82) is 0 Å². The van der Waals surface area contributed by atoms with Gasteiger partial charge in [0.15, 0.2) is 11.6 Å². The van der Waals surface area contributed by atoms with E-state index in [1.54, 1.807) is 18.3 Å². The molecular formula is C26H22FN3O2S. The van der Waals surface area contributed by atoms with E-state index in [9.17, 15) is 9.50 Å². The largest absolute Gasteiger partial charge is 0.436 e. The number of nitrogens with zero attached hydrogens (tertiary/aromatic N) is 3. The minimum atomic E-state index is -0.238. The van der Waals surface area contributed by atoms with Crippen molar-refractivity contribution in [1.82, 2.24) is 15.0 Å². The van der Waals surface area contributed by atoms with Crippen LogP contribution in [0.4, 0.5) is 4.39 Å². The molecule has 0 atom stereocenters. The highest BCUT2D eigenvalue weighted by molar-refractivity contribution is 7.98. The van der Waals surface area contributed by atoms with Crippen molar-refractivity contribution in [2.24, 2.45) is 0 Å². The summed E-state index contributed by atoms with van der Waals surface area (Å²) in [5.41, 5.74) is 5.81. The van der Waals surface area contributed by atoms with Crippen molar-refractivity contribution in [2.45, 2.75) is 37.7 Å². The zero-order valence-corrected chi connectivity index (χ0v) is 19.1. The average molecular weight is 460 g/mol. The van der Waals surface area contributed by atoms with Gasteiger partial charge in [0.2, 0.25) is 5.88 Å². The molecule has 0 bridgehead atoms. The van der Waals surface area contributed by atoms with Crippen LogP contribution < -0.4 is 4.74 Å². The molecule has 0 amide bonds. The first kappa shape index (κ1) is 21.6. The van der Waals surface area contributed by atoms with E-state index >= 15 is 0 Å². The molecule has 0 unspecified atom stereocenters. The smallest absolute Gasteiger partial charge is 0.227 e. The van der Waals surface area contributed by atoms with Gasteiger partial charge >= 0.3 is 0 Å². The van der Waals surface area contributed by atoms with Gasteiger partial charge in [0.1, 0.15) is 10.8 Å². The monoisotopic (exact) mass is 459 g/mol. The van der Waals surface area contributed by atoms with Crippen LogP contribution in [0.3, 0.4) is 0 Å². The standard InChI is InChI=1S/C26H22FN3O2S/c1-15-7-9-17(10-8-15)24-29-25-21(11-20-19(13-31)12-28-16(2)23(20)32-25)26(30-24)33-14-18-5-3-4-6-22(18)27/h3-10,12,31H,11,13-14H2,1-2H3. The number of aliphatic hydroxyl groups is 1. The third-order valence-electron chi connectivity index (χ3n) is 5.69. The molecule has 0 fully saturated rings. The Morgan fingerprint density at radius 1 is 1.00 bits per heavy atom. The van der Waals surface area contributed by atoms with E-state index in [4.69, 9.17) is 14.7 Å². The lowest BCUT2D eigenvalue weighted by molar-refractivity contribution is 0.278. The molecule has 166 valence electrons. The summed E-state index contributed by atoms with van der Waals surface area (Å²) in [4.78, 5) is 13.9. The number of thioether (sulfide) groups is 1. The topological polar surface area (TPSA) is 68.1 Å². The van der Waals surface area contributed by atoms with E-state index in [0.29, 0.717) is 40.8 Å². The van der Waals surface area contributed by atoms with Crippen molar-refractivity contribution in [2.75, 3.05) is 0 Å². The fourth-order valence-electron chi connectivity index (χ4n) is 3.81. The lowest BCUT2D eigenvalue weighted by Gasteiger charge is -2.24. The average Bonchev–Trinajstić information content (AvgIpc) is 2.83. The molecule has 0 saturated carbocycles. The number of pyridine rings is 1. The van der Waals surface area contributed by atoms with Crippen LogP contribution >= 0.6 is 11.8 Å². The quantitative estimate of drug-likeness (QED) is 0.266. The van der Waals surface area contributed by atoms with Crippen LogP contribution in [0, 0.1) is 19.7 Å². The van der Waals surface area contributed by atoms with Crippen molar-refractivity contribution in [3.63, 3.8) is 0 Å². The zero-order chi connectivity index (χ0) is 22.9. The van der Waals surface area contributed by atoms with Crippen LogP contribution in [0.15, 0.2) is 59.8 Å². The van der Waals surface area contributed by atoms with Gasteiger partial charge in [-0.2, -0.15) is 4.98 Å². The molecule has 5 rings (SSSR count). The minimum absolute atomic E-state index is 0.131. The fraction of sp³-hybridized carbons (Fsp3) is 0.192. The lowest BCUT2D eigenvalue weighted by Crippen LogP contribution is -2.13. The summed E-state index contributed by atoms with van der Waals surface area (Å²) in [5, 5.41) is 10.6. The van der Waals surface area contributed by atoms with Gasteiger partial charge in [0.05, 0.1) is 17.9 Å². The first-order chi connectivity index (χ1) is 16.0. The van der Waals surface area contributed by atoms with E-state index in [1.165, 1.54) is 17.8 Å².